The second-order valence-corrected chi connectivity index (χ2v) is 2.28. The van der Waals surface area contributed by atoms with Crippen LogP contribution in [-0.4, -0.2) is 9.91 Å². The third-order valence-corrected chi connectivity index (χ3v) is 1.34. The van der Waals surface area contributed by atoms with E-state index >= 15 is 0 Å². The Hall–Kier alpha value is -1.69. The van der Waals surface area contributed by atoms with E-state index in [1.54, 1.807) is 6.92 Å². The van der Waals surface area contributed by atoms with Gasteiger partial charge in [0.1, 0.15) is 0 Å². The van der Waals surface area contributed by atoms with Gasteiger partial charge in [0.05, 0.1) is 4.92 Å². The van der Waals surface area contributed by atoms with E-state index in [0.717, 1.165) is 5.56 Å². The lowest BCUT2D eigenvalue weighted by molar-refractivity contribution is -0.384. The van der Waals surface area contributed by atoms with Crippen molar-refractivity contribution in [2.24, 2.45) is 5.84 Å². The molecule has 0 amide bonds. The van der Waals surface area contributed by atoms with Crippen LogP contribution >= 0.6 is 0 Å². The number of hydrogen-bond donors (Lipinski definition) is 2. The predicted octanol–water partition coefficient (Wildman–Crippen LogP) is 0.584. The van der Waals surface area contributed by atoms with Crippen molar-refractivity contribution < 1.29 is 4.92 Å². The quantitative estimate of drug-likeness (QED) is 0.382. The number of rotatable bonds is 2. The highest BCUT2D eigenvalue weighted by atomic mass is 16.6. The Morgan fingerprint density at radius 2 is 2.42 bits per heavy atom. The first-order valence-corrected chi connectivity index (χ1v) is 3.23. The molecule has 0 unspecified atom stereocenters. The molecule has 0 aliphatic heterocycles. The highest BCUT2D eigenvalue weighted by Gasteiger charge is 2.13. The number of aryl methyl sites for hydroxylation is 1. The van der Waals surface area contributed by atoms with Crippen molar-refractivity contribution in [1.82, 2.24) is 4.98 Å². The molecule has 6 nitrogen and oxygen atoms in total. The summed E-state index contributed by atoms with van der Waals surface area (Å²) in [7, 11) is 0. The van der Waals surface area contributed by atoms with Gasteiger partial charge in [-0.05, 0) is 12.5 Å². The third kappa shape index (κ3) is 1.48. The minimum Gasteiger partial charge on any atom is -0.303 e. The molecule has 0 saturated carbocycles. The summed E-state index contributed by atoms with van der Waals surface area (Å²) in [6, 6.07) is 1.40. The normalized spacial score (nSPS) is 9.50. The van der Waals surface area contributed by atoms with Crippen LogP contribution in [-0.2, 0) is 0 Å². The summed E-state index contributed by atoms with van der Waals surface area (Å²) in [5.74, 6) is 5.10. The maximum Gasteiger partial charge on any atom is 0.312 e. The van der Waals surface area contributed by atoms with Crippen LogP contribution in [0.25, 0.3) is 0 Å². The van der Waals surface area contributed by atoms with Crippen LogP contribution in [0, 0.1) is 17.0 Å². The number of pyridine rings is 1. The van der Waals surface area contributed by atoms with Gasteiger partial charge in [0.2, 0.25) is 5.82 Å². The van der Waals surface area contributed by atoms with Crippen LogP contribution in [0.5, 0.6) is 0 Å². The molecular formula is C6H8N4O2. The lowest BCUT2D eigenvalue weighted by Gasteiger charge is -2.00. The van der Waals surface area contributed by atoms with E-state index < -0.39 is 4.92 Å². The number of hydrazine groups is 1. The Morgan fingerprint density at radius 1 is 1.75 bits per heavy atom. The molecule has 0 saturated heterocycles. The van der Waals surface area contributed by atoms with Crippen molar-refractivity contribution in [3.8, 4) is 0 Å². The van der Waals surface area contributed by atoms with Crippen LogP contribution in [0.3, 0.4) is 0 Å². The van der Waals surface area contributed by atoms with Gasteiger partial charge in [0.25, 0.3) is 0 Å². The van der Waals surface area contributed by atoms with E-state index in [-0.39, 0.29) is 11.5 Å². The smallest absolute Gasteiger partial charge is 0.303 e. The van der Waals surface area contributed by atoms with E-state index in [1.165, 1.54) is 12.3 Å². The standard InChI is InChI=1S/C6H8N4O2/c1-4-2-5(10(11)12)6(9-7)8-3-4/h2-3H,7H2,1H3,(H,8,9). The topological polar surface area (TPSA) is 94.1 Å². The third-order valence-electron chi connectivity index (χ3n) is 1.34. The van der Waals surface area contributed by atoms with Crippen LogP contribution in [0.15, 0.2) is 12.3 Å². The molecule has 0 aliphatic carbocycles. The molecule has 1 rings (SSSR count). The Balaban J connectivity index is 3.21. The zero-order valence-corrected chi connectivity index (χ0v) is 6.44. The van der Waals surface area contributed by atoms with Gasteiger partial charge < -0.3 is 5.43 Å². The average Bonchev–Trinajstić information content (AvgIpc) is 2.04. The lowest BCUT2D eigenvalue weighted by atomic mass is 10.3. The van der Waals surface area contributed by atoms with E-state index in [0.29, 0.717) is 0 Å². The number of hydrogen-bond acceptors (Lipinski definition) is 5. The number of nitrogens with one attached hydrogen (secondary N) is 1. The molecule has 12 heavy (non-hydrogen) atoms. The van der Waals surface area contributed by atoms with Gasteiger partial charge in [-0.15, -0.1) is 0 Å². The van der Waals surface area contributed by atoms with Crippen molar-refractivity contribution in [3.05, 3.63) is 27.9 Å². The molecule has 64 valence electrons. The van der Waals surface area contributed by atoms with E-state index in [1.807, 2.05) is 0 Å². The number of nitrogens with zero attached hydrogens (tertiary/aromatic N) is 2. The highest BCUT2D eigenvalue weighted by Crippen LogP contribution is 2.20. The Kier molecular flexibility index (Phi) is 2.20. The first-order valence-electron chi connectivity index (χ1n) is 3.23. The SMILES string of the molecule is Cc1cnc(NN)c([N+](=O)[O-])c1. The van der Waals surface area contributed by atoms with Gasteiger partial charge in [-0.2, -0.15) is 0 Å². The van der Waals surface area contributed by atoms with Crippen molar-refractivity contribution in [2.75, 3.05) is 5.43 Å². The van der Waals surface area contributed by atoms with Crippen LogP contribution in [0.2, 0.25) is 0 Å². The summed E-state index contributed by atoms with van der Waals surface area (Å²) in [4.78, 5) is 13.6. The maximum absolute atomic E-state index is 10.4. The van der Waals surface area contributed by atoms with E-state index in [4.69, 9.17) is 5.84 Å². The molecule has 0 atom stereocenters. The van der Waals surface area contributed by atoms with Crippen molar-refractivity contribution in [1.29, 1.82) is 0 Å². The molecule has 0 bridgehead atoms. The molecule has 0 aliphatic rings. The Morgan fingerprint density at radius 3 is 2.92 bits per heavy atom. The fraction of sp³-hybridized carbons (Fsp3) is 0.167. The van der Waals surface area contributed by atoms with Crippen LogP contribution in [0.1, 0.15) is 5.56 Å². The molecule has 0 radical (unpaired) electrons. The molecule has 1 heterocycles. The summed E-state index contributed by atoms with van der Waals surface area (Å²) >= 11 is 0. The number of aromatic nitrogens is 1. The van der Waals surface area contributed by atoms with Crippen molar-refractivity contribution in [3.63, 3.8) is 0 Å². The van der Waals surface area contributed by atoms with Gasteiger partial charge in [-0.1, -0.05) is 0 Å². The number of anilines is 1. The molecular weight excluding hydrogens is 160 g/mol. The Bertz CT molecular complexity index is 312. The van der Waals surface area contributed by atoms with Crippen LogP contribution < -0.4 is 11.3 Å². The maximum atomic E-state index is 10.4. The minimum absolute atomic E-state index is 0.0746. The fourth-order valence-electron chi connectivity index (χ4n) is 0.804. The summed E-state index contributed by atoms with van der Waals surface area (Å²) in [6.07, 6.45) is 1.50. The van der Waals surface area contributed by atoms with E-state index in [9.17, 15) is 10.1 Å². The van der Waals surface area contributed by atoms with Gasteiger partial charge in [0.15, 0.2) is 0 Å². The van der Waals surface area contributed by atoms with Crippen molar-refractivity contribution >= 4 is 11.5 Å². The molecule has 0 fully saturated rings. The number of nitrogen functional groups attached to an aromatic ring is 1. The van der Waals surface area contributed by atoms with Gasteiger partial charge >= 0.3 is 5.69 Å². The Labute approximate surface area is 68.5 Å². The second kappa shape index (κ2) is 3.14. The second-order valence-electron chi connectivity index (χ2n) is 2.28. The zero-order valence-electron chi connectivity index (χ0n) is 6.44. The summed E-state index contributed by atoms with van der Waals surface area (Å²) in [6.45, 7) is 1.72. The lowest BCUT2D eigenvalue weighted by Crippen LogP contribution is -2.10. The first-order chi connectivity index (χ1) is 5.65. The monoisotopic (exact) mass is 168 g/mol. The molecule has 0 spiro atoms. The van der Waals surface area contributed by atoms with Crippen molar-refractivity contribution in [2.45, 2.75) is 6.92 Å². The average molecular weight is 168 g/mol. The van der Waals surface area contributed by atoms with Gasteiger partial charge in [-0.25, -0.2) is 10.8 Å². The summed E-state index contributed by atoms with van der Waals surface area (Å²) in [5, 5.41) is 10.4. The molecule has 1 aromatic rings. The largest absolute Gasteiger partial charge is 0.312 e. The predicted molar refractivity (Wildman–Crippen MR) is 43.4 cm³/mol. The number of nitrogens with two attached hydrogens (primary N) is 1. The van der Waals surface area contributed by atoms with E-state index in [2.05, 4.69) is 10.4 Å². The molecule has 1 aromatic heterocycles. The molecule has 6 heteroatoms. The minimum atomic E-state index is -0.533. The summed E-state index contributed by atoms with van der Waals surface area (Å²) in [5.41, 5.74) is 2.76. The van der Waals surface area contributed by atoms with Crippen LogP contribution in [0.4, 0.5) is 11.5 Å². The first kappa shape index (κ1) is 8.41. The highest BCUT2D eigenvalue weighted by molar-refractivity contribution is 5.55. The van der Waals surface area contributed by atoms with Gasteiger partial charge in [0, 0.05) is 12.3 Å². The zero-order chi connectivity index (χ0) is 9.14. The number of nitro groups is 1. The fourth-order valence-corrected chi connectivity index (χ4v) is 0.804. The summed E-state index contributed by atoms with van der Waals surface area (Å²) < 4.78 is 0. The van der Waals surface area contributed by atoms with Gasteiger partial charge in [-0.3, -0.25) is 10.1 Å². The molecule has 0 aromatic carbocycles. The molecule has 3 N–H and O–H groups in total.